The molecule has 7 nitrogen and oxygen atoms in total. The van der Waals surface area contributed by atoms with Gasteiger partial charge in [0, 0.05) is 0 Å². The molecule has 1 atom stereocenters. The van der Waals surface area contributed by atoms with Crippen molar-refractivity contribution in [1.82, 2.24) is 0 Å². The highest BCUT2D eigenvalue weighted by Crippen LogP contribution is 2.40. The van der Waals surface area contributed by atoms with Gasteiger partial charge in [-0.05, 0) is 31.2 Å². The molecule has 0 saturated heterocycles. The number of carbonyl (C=O) groups is 2. The third kappa shape index (κ3) is 4.20. The molecule has 0 spiro atoms. The van der Waals surface area contributed by atoms with Gasteiger partial charge in [0.05, 0.1) is 18.4 Å². The third-order valence-electron chi connectivity index (χ3n) is 4.01. The van der Waals surface area contributed by atoms with Gasteiger partial charge in [-0.15, -0.1) is 0 Å². The van der Waals surface area contributed by atoms with Crippen molar-refractivity contribution in [2.45, 2.75) is 13.0 Å². The number of hydrogen-bond donors (Lipinski definition) is 1. The Morgan fingerprint density at radius 3 is 2.55 bits per heavy atom. The number of halogens is 3. The molecule has 0 unspecified atom stereocenters. The predicted molar refractivity (Wildman–Crippen MR) is 93.8 cm³/mol. The maximum atomic E-state index is 13.7. The Labute approximate surface area is 163 Å². The van der Waals surface area contributed by atoms with E-state index in [9.17, 15) is 22.8 Å². The lowest BCUT2D eigenvalue weighted by Gasteiger charge is -2.21. The van der Waals surface area contributed by atoms with E-state index in [4.69, 9.17) is 18.9 Å². The molecule has 29 heavy (non-hydrogen) atoms. The lowest BCUT2D eigenvalue weighted by atomic mass is 10.1. The Morgan fingerprint density at radius 2 is 1.83 bits per heavy atom. The lowest BCUT2D eigenvalue weighted by molar-refractivity contribution is -0.123. The zero-order valence-electron chi connectivity index (χ0n) is 15.4. The van der Waals surface area contributed by atoms with Crippen molar-refractivity contribution in [3.8, 4) is 17.2 Å². The fraction of sp³-hybridized carbons (Fsp3) is 0.263. The number of amides is 1. The monoisotopic (exact) mass is 411 g/mol. The average molecular weight is 411 g/mol. The minimum absolute atomic E-state index is 0.0322. The van der Waals surface area contributed by atoms with E-state index in [0.29, 0.717) is 18.4 Å². The molecule has 0 aliphatic carbocycles. The van der Waals surface area contributed by atoms with Crippen molar-refractivity contribution >= 4 is 17.6 Å². The number of fused-ring (bicyclic) bond motifs is 1. The summed E-state index contributed by atoms with van der Waals surface area (Å²) in [5.74, 6) is -5.63. The van der Waals surface area contributed by atoms with Crippen LogP contribution in [-0.2, 0) is 9.53 Å². The molecule has 154 valence electrons. The zero-order chi connectivity index (χ0) is 21.1. The largest absolute Gasteiger partial charge is 0.493 e. The molecule has 0 bridgehead atoms. The number of rotatable bonds is 5. The Balaban J connectivity index is 1.72. The van der Waals surface area contributed by atoms with Crippen molar-refractivity contribution in [3.63, 3.8) is 0 Å². The number of ether oxygens (including phenoxy) is 4. The van der Waals surface area contributed by atoms with Gasteiger partial charge in [0.1, 0.15) is 13.2 Å². The van der Waals surface area contributed by atoms with E-state index in [-0.39, 0.29) is 23.7 Å². The van der Waals surface area contributed by atoms with Gasteiger partial charge in [-0.1, -0.05) is 0 Å². The van der Waals surface area contributed by atoms with Gasteiger partial charge < -0.3 is 24.3 Å². The van der Waals surface area contributed by atoms with Gasteiger partial charge in [0.25, 0.3) is 5.91 Å². The summed E-state index contributed by atoms with van der Waals surface area (Å²) in [5, 5.41) is 2.04. The number of methoxy groups -OCH3 is 1. The summed E-state index contributed by atoms with van der Waals surface area (Å²) in [6.07, 6.45) is -1.37. The molecule has 3 rings (SSSR count). The van der Waals surface area contributed by atoms with E-state index in [1.165, 1.54) is 26.2 Å². The molecule has 1 aliphatic rings. The van der Waals surface area contributed by atoms with Crippen LogP contribution in [0.15, 0.2) is 24.3 Å². The van der Waals surface area contributed by atoms with E-state index >= 15 is 0 Å². The first-order valence-corrected chi connectivity index (χ1v) is 8.44. The highest BCUT2D eigenvalue weighted by molar-refractivity contribution is 5.97. The minimum atomic E-state index is -1.73. The molecule has 10 heteroatoms. The first kappa shape index (κ1) is 20.3. The molecule has 0 aromatic heterocycles. The first-order valence-electron chi connectivity index (χ1n) is 8.44. The standard InChI is InChI=1S/C19H16F3NO6/c1-9(18(24)23-12-4-3-11(20)15(21)16(12)22)29-19(25)10-7-13(26-2)17-14(8-10)27-5-6-28-17/h3-4,7-9H,5-6H2,1-2H3,(H,23,24)/t9-/m0/s1. The average Bonchev–Trinajstić information content (AvgIpc) is 2.73. The number of hydrogen-bond acceptors (Lipinski definition) is 6. The SMILES string of the molecule is COc1cc(C(=O)O[C@@H](C)C(=O)Nc2ccc(F)c(F)c2F)cc2c1OCCO2. The number of carbonyl (C=O) groups excluding carboxylic acids is 2. The van der Waals surface area contributed by atoms with Crippen molar-refractivity contribution in [2.75, 3.05) is 25.6 Å². The van der Waals surface area contributed by atoms with Crippen LogP contribution >= 0.6 is 0 Å². The molecule has 1 aliphatic heterocycles. The number of nitrogens with one attached hydrogen (secondary N) is 1. The summed E-state index contributed by atoms with van der Waals surface area (Å²) in [4.78, 5) is 24.5. The van der Waals surface area contributed by atoms with Crippen LogP contribution in [0, 0.1) is 17.5 Å². The summed E-state index contributed by atoms with van der Waals surface area (Å²) in [6.45, 7) is 1.85. The predicted octanol–water partition coefficient (Wildman–Crippen LogP) is 3.07. The van der Waals surface area contributed by atoms with E-state index in [1.54, 1.807) is 0 Å². The van der Waals surface area contributed by atoms with E-state index in [0.717, 1.165) is 6.07 Å². The topological polar surface area (TPSA) is 83.1 Å². The first-order chi connectivity index (χ1) is 13.8. The van der Waals surface area contributed by atoms with Crippen LogP contribution < -0.4 is 19.5 Å². The smallest absolute Gasteiger partial charge is 0.339 e. The Hall–Kier alpha value is -3.43. The molecule has 0 radical (unpaired) electrons. The molecular weight excluding hydrogens is 395 g/mol. The zero-order valence-corrected chi connectivity index (χ0v) is 15.4. The second-order valence-corrected chi connectivity index (χ2v) is 5.96. The summed E-state index contributed by atoms with van der Waals surface area (Å²) in [5.41, 5.74) is -0.553. The molecule has 0 saturated carbocycles. The van der Waals surface area contributed by atoms with Crippen LogP contribution in [0.3, 0.4) is 0 Å². The Bertz CT molecular complexity index is 948. The van der Waals surface area contributed by atoms with Crippen molar-refractivity contribution in [1.29, 1.82) is 0 Å². The second kappa shape index (κ2) is 8.29. The Kier molecular flexibility index (Phi) is 5.81. The van der Waals surface area contributed by atoms with Crippen molar-refractivity contribution in [2.24, 2.45) is 0 Å². The summed E-state index contributed by atoms with van der Waals surface area (Å²) in [7, 11) is 1.38. The molecule has 0 fully saturated rings. The van der Waals surface area contributed by atoms with Gasteiger partial charge >= 0.3 is 5.97 Å². The number of anilines is 1. The molecular formula is C19H16F3NO6. The second-order valence-electron chi connectivity index (χ2n) is 5.96. The third-order valence-corrected chi connectivity index (χ3v) is 4.01. The van der Waals surface area contributed by atoms with Crippen LogP contribution in [-0.4, -0.2) is 38.3 Å². The molecule has 1 amide bonds. The van der Waals surface area contributed by atoms with Gasteiger partial charge in [0.15, 0.2) is 35.1 Å². The normalized spacial score (nSPS) is 13.4. The molecule has 2 aromatic carbocycles. The quantitative estimate of drug-likeness (QED) is 0.602. The van der Waals surface area contributed by atoms with Gasteiger partial charge in [-0.2, -0.15) is 0 Å². The summed E-state index contributed by atoms with van der Waals surface area (Å²) < 4.78 is 61.0. The van der Waals surface area contributed by atoms with E-state index in [1.807, 2.05) is 5.32 Å². The van der Waals surface area contributed by atoms with E-state index < -0.39 is 41.1 Å². The number of benzene rings is 2. The van der Waals surface area contributed by atoms with E-state index in [2.05, 4.69) is 0 Å². The van der Waals surface area contributed by atoms with Gasteiger partial charge in [-0.25, -0.2) is 18.0 Å². The summed E-state index contributed by atoms with van der Waals surface area (Å²) in [6, 6.07) is 4.24. The van der Waals surface area contributed by atoms with Gasteiger partial charge in [-0.3, -0.25) is 4.79 Å². The number of esters is 1. The van der Waals surface area contributed by atoms with Crippen molar-refractivity contribution < 1.29 is 41.7 Å². The van der Waals surface area contributed by atoms with Gasteiger partial charge in [0.2, 0.25) is 5.75 Å². The molecule has 1 heterocycles. The lowest BCUT2D eigenvalue weighted by Crippen LogP contribution is -2.30. The minimum Gasteiger partial charge on any atom is -0.493 e. The molecule has 2 aromatic rings. The highest BCUT2D eigenvalue weighted by atomic mass is 19.2. The van der Waals surface area contributed by atoms with Crippen LogP contribution in [0.2, 0.25) is 0 Å². The van der Waals surface area contributed by atoms with Crippen LogP contribution in [0.25, 0.3) is 0 Å². The Morgan fingerprint density at radius 1 is 1.10 bits per heavy atom. The van der Waals surface area contributed by atoms with Crippen LogP contribution in [0.1, 0.15) is 17.3 Å². The van der Waals surface area contributed by atoms with Crippen LogP contribution in [0.4, 0.5) is 18.9 Å². The summed E-state index contributed by atoms with van der Waals surface area (Å²) >= 11 is 0. The fourth-order valence-electron chi connectivity index (χ4n) is 2.53. The highest BCUT2D eigenvalue weighted by Gasteiger charge is 2.25. The van der Waals surface area contributed by atoms with Crippen LogP contribution in [0.5, 0.6) is 17.2 Å². The maximum Gasteiger partial charge on any atom is 0.339 e. The molecule has 1 N–H and O–H groups in total. The fourth-order valence-corrected chi connectivity index (χ4v) is 2.53. The van der Waals surface area contributed by atoms with Crippen molar-refractivity contribution in [3.05, 3.63) is 47.3 Å². The maximum absolute atomic E-state index is 13.7.